The number of carboxylic acid groups (broad SMARTS) is 1. The third kappa shape index (κ3) is 3.46. The highest BCUT2D eigenvalue weighted by molar-refractivity contribution is 5.78. The van der Waals surface area contributed by atoms with Crippen molar-refractivity contribution in [2.75, 3.05) is 39.8 Å². The Hall–Kier alpha value is -0.650. The van der Waals surface area contributed by atoms with Gasteiger partial charge in [-0.2, -0.15) is 0 Å². The molecule has 110 valence electrons. The minimum absolute atomic E-state index is 0.658. The molecule has 0 bridgehead atoms. The van der Waals surface area contributed by atoms with Crippen LogP contribution < -0.4 is 5.32 Å². The Bertz CT molecular complexity index is 318. The van der Waals surface area contributed by atoms with Crippen LogP contribution in [-0.2, 0) is 4.79 Å². The Morgan fingerprint density at radius 2 is 2.05 bits per heavy atom. The average Bonchev–Trinajstić information content (AvgIpc) is 3.05. The molecule has 5 nitrogen and oxygen atoms in total. The van der Waals surface area contributed by atoms with Crippen molar-refractivity contribution in [3.05, 3.63) is 0 Å². The molecule has 2 atom stereocenters. The molecule has 2 rings (SSSR count). The van der Waals surface area contributed by atoms with Gasteiger partial charge in [-0.15, -0.1) is 0 Å². The zero-order valence-corrected chi connectivity index (χ0v) is 12.2. The molecule has 2 unspecified atom stereocenters. The number of nitrogens with zero attached hydrogens (tertiary/aromatic N) is 2. The van der Waals surface area contributed by atoms with Gasteiger partial charge in [0.2, 0.25) is 0 Å². The smallest absolute Gasteiger partial charge is 0.323 e. The van der Waals surface area contributed by atoms with Crippen LogP contribution in [0.1, 0.15) is 32.6 Å². The minimum atomic E-state index is -0.800. The maximum absolute atomic E-state index is 11.2. The van der Waals surface area contributed by atoms with Gasteiger partial charge in [-0.25, -0.2) is 0 Å². The second-order valence-corrected chi connectivity index (χ2v) is 6.12. The first-order chi connectivity index (χ1) is 9.05. The number of hydrogen-bond donors (Lipinski definition) is 2. The number of carbonyl (C=O) groups is 1. The van der Waals surface area contributed by atoms with Gasteiger partial charge in [-0.05, 0) is 59.3 Å². The molecule has 0 aromatic heterocycles. The standard InChI is InChI=1S/C14H27N3O2/c1-14(15-2,13(18)19)6-10-16-9-5-12(11-16)17-7-3-4-8-17/h12,15H,3-11H2,1-2H3,(H,18,19). The van der Waals surface area contributed by atoms with Gasteiger partial charge >= 0.3 is 5.97 Å². The summed E-state index contributed by atoms with van der Waals surface area (Å²) in [5.74, 6) is -0.759. The van der Waals surface area contributed by atoms with Crippen molar-refractivity contribution in [2.24, 2.45) is 0 Å². The molecule has 0 amide bonds. The Kier molecular flexibility index (Phi) is 4.81. The molecule has 0 spiro atoms. The van der Waals surface area contributed by atoms with Gasteiger partial charge in [0.15, 0.2) is 0 Å². The Morgan fingerprint density at radius 1 is 1.37 bits per heavy atom. The first-order valence-corrected chi connectivity index (χ1v) is 7.44. The lowest BCUT2D eigenvalue weighted by molar-refractivity contribution is -0.144. The summed E-state index contributed by atoms with van der Waals surface area (Å²) in [4.78, 5) is 16.3. The molecular formula is C14H27N3O2. The zero-order valence-electron chi connectivity index (χ0n) is 12.2. The quantitative estimate of drug-likeness (QED) is 0.740. The van der Waals surface area contributed by atoms with Gasteiger partial charge in [0.05, 0.1) is 0 Å². The SMILES string of the molecule is CNC(C)(CCN1CCC(N2CCCC2)C1)C(=O)O. The number of aliphatic carboxylic acids is 1. The molecule has 2 saturated heterocycles. The predicted octanol–water partition coefficient (Wildman–Crippen LogP) is 0.609. The fourth-order valence-electron chi connectivity index (χ4n) is 3.14. The summed E-state index contributed by atoms with van der Waals surface area (Å²) in [6, 6.07) is 0.702. The van der Waals surface area contributed by atoms with Crippen molar-refractivity contribution in [1.29, 1.82) is 0 Å². The highest BCUT2D eigenvalue weighted by Crippen LogP contribution is 2.21. The molecule has 2 N–H and O–H groups in total. The molecule has 2 aliphatic heterocycles. The summed E-state index contributed by atoms with van der Waals surface area (Å²) in [6.45, 7) is 7.36. The van der Waals surface area contributed by atoms with Crippen molar-refractivity contribution >= 4 is 5.97 Å². The molecule has 0 aromatic rings. The minimum Gasteiger partial charge on any atom is -0.480 e. The molecule has 0 aromatic carbocycles. The fraction of sp³-hybridized carbons (Fsp3) is 0.929. The van der Waals surface area contributed by atoms with Crippen LogP contribution in [0, 0.1) is 0 Å². The van der Waals surface area contributed by atoms with Crippen LogP contribution >= 0.6 is 0 Å². The van der Waals surface area contributed by atoms with Crippen LogP contribution in [0.2, 0.25) is 0 Å². The summed E-state index contributed by atoms with van der Waals surface area (Å²) < 4.78 is 0. The Morgan fingerprint density at radius 3 is 2.63 bits per heavy atom. The molecule has 19 heavy (non-hydrogen) atoms. The Labute approximate surface area is 115 Å². The summed E-state index contributed by atoms with van der Waals surface area (Å²) in [6.07, 6.45) is 4.58. The molecular weight excluding hydrogens is 242 g/mol. The van der Waals surface area contributed by atoms with E-state index in [1.165, 1.54) is 32.4 Å². The lowest BCUT2D eigenvalue weighted by Gasteiger charge is -2.28. The van der Waals surface area contributed by atoms with Crippen LogP contribution in [0.15, 0.2) is 0 Å². The maximum atomic E-state index is 11.2. The molecule has 2 aliphatic rings. The van der Waals surface area contributed by atoms with E-state index in [0.29, 0.717) is 12.5 Å². The number of likely N-dealkylation sites (N-methyl/N-ethyl adjacent to an activating group) is 1. The second-order valence-electron chi connectivity index (χ2n) is 6.12. The number of rotatable bonds is 6. The third-order valence-electron chi connectivity index (χ3n) is 4.86. The topological polar surface area (TPSA) is 55.8 Å². The van der Waals surface area contributed by atoms with E-state index in [9.17, 15) is 9.90 Å². The van der Waals surface area contributed by atoms with E-state index in [0.717, 1.165) is 19.6 Å². The van der Waals surface area contributed by atoms with E-state index < -0.39 is 11.5 Å². The van der Waals surface area contributed by atoms with Crippen LogP contribution in [-0.4, -0.2) is 72.2 Å². The summed E-state index contributed by atoms with van der Waals surface area (Å²) in [5, 5.41) is 12.2. The lowest BCUT2D eigenvalue weighted by Crippen LogP contribution is -2.49. The molecule has 0 saturated carbocycles. The highest BCUT2D eigenvalue weighted by atomic mass is 16.4. The molecule has 5 heteroatoms. The maximum Gasteiger partial charge on any atom is 0.323 e. The summed E-state index contributed by atoms with van der Waals surface area (Å²) in [5.41, 5.74) is -0.800. The molecule has 0 aliphatic carbocycles. The lowest BCUT2D eigenvalue weighted by atomic mass is 9.98. The van der Waals surface area contributed by atoms with Crippen molar-refractivity contribution in [1.82, 2.24) is 15.1 Å². The van der Waals surface area contributed by atoms with Gasteiger partial charge < -0.3 is 15.3 Å². The third-order valence-corrected chi connectivity index (χ3v) is 4.86. The van der Waals surface area contributed by atoms with E-state index in [4.69, 9.17) is 0 Å². The second kappa shape index (κ2) is 6.20. The number of likely N-dealkylation sites (tertiary alicyclic amines) is 2. The highest BCUT2D eigenvalue weighted by Gasteiger charge is 2.34. The molecule has 0 radical (unpaired) electrons. The monoisotopic (exact) mass is 269 g/mol. The van der Waals surface area contributed by atoms with E-state index in [-0.39, 0.29) is 0 Å². The van der Waals surface area contributed by atoms with Crippen molar-refractivity contribution in [3.63, 3.8) is 0 Å². The number of nitrogens with one attached hydrogen (secondary N) is 1. The van der Waals surface area contributed by atoms with Crippen molar-refractivity contribution in [3.8, 4) is 0 Å². The van der Waals surface area contributed by atoms with Gasteiger partial charge in [0.1, 0.15) is 5.54 Å². The van der Waals surface area contributed by atoms with Crippen molar-refractivity contribution < 1.29 is 9.90 Å². The van der Waals surface area contributed by atoms with E-state index in [1.807, 2.05) is 0 Å². The normalized spacial score (nSPS) is 28.6. The van der Waals surface area contributed by atoms with Crippen LogP contribution in [0.25, 0.3) is 0 Å². The van der Waals surface area contributed by atoms with Crippen LogP contribution in [0.5, 0.6) is 0 Å². The zero-order chi connectivity index (χ0) is 13.9. The van der Waals surface area contributed by atoms with E-state index in [1.54, 1.807) is 14.0 Å². The number of hydrogen-bond acceptors (Lipinski definition) is 4. The van der Waals surface area contributed by atoms with Gasteiger partial charge in [-0.1, -0.05) is 0 Å². The summed E-state index contributed by atoms with van der Waals surface area (Å²) in [7, 11) is 1.73. The Balaban J connectivity index is 1.77. The van der Waals surface area contributed by atoms with E-state index in [2.05, 4.69) is 15.1 Å². The van der Waals surface area contributed by atoms with Crippen LogP contribution in [0.3, 0.4) is 0 Å². The largest absolute Gasteiger partial charge is 0.480 e. The molecule has 2 fully saturated rings. The molecule has 2 heterocycles. The van der Waals surface area contributed by atoms with Gasteiger partial charge in [0, 0.05) is 19.1 Å². The van der Waals surface area contributed by atoms with E-state index >= 15 is 0 Å². The predicted molar refractivity (Wildman–Crippen MR) is 75.4 cm³/mol. The first-order valence-electron chi connectivity index (χ1n) is 7.44. The van der Waals surface area contributed by atoms with Crippen molar-refractivity contribution in [2.45, 2.75) is 44.2 Å². The van der Waals surface area contributed by atoms with Gasteiger partial charge in [-0.3, -0.25) is 9.69 Å². The fourth-order valence-corrected chi connectivity index (χ4v) is 3.14. The van der Waals surface area contributed by atoms with Crippen LogP contribution in [0.4, 0.5) is 0 Å². The first kappa shape index (κ1) is 14.8. The van der Waals surface area contributed by atoms with Gasteiger partial charge in [0.25, 0.3) is 0 Å². The average molecular weight is 269 g/mol. The summed E-state index contributed by atoms with van der Waals surface area (Å²) >= 11 is 0. The number of carboxylic acids is 1.